The SMILES string of the molecule is NCCCNC1COc2cc(O)ccc21. The van der Waals surface area contributed by atoms with Gasteiger partial charge in [0.1, 0.15) is 18.1 Å². The van der Waals surface area contributed by atoms with E-state index in [9.17, 15) is 5.11 Å². The van der Waals surface area contributed by atoms with Gasteiger partial charge in [-0.2, -0.15) is 0 Å². The number of phenolic OH excluding ortho intramolecular Hbond substituents is 1. The van der Waals surface area contributed by atoms with Crippen LogP contribution in [0.15, 0.2) is 18.2 Å². The van der Waals surface area contributed by atoms with Gasteiger partial charge in [-0.1, -0.05) is 0 Å². The van der Waals surface area contributed by atoms with Gasteiger partial charge in [0.2, 0.25) is 0 Å². The van der Waals surface area contributed by atoms with Gasteiger partial charge in [0.25, 0.3) is 0 Å². The van der Waals surface area contributed by atoms with Crippen molar-refractivity contribution in [3.8, 4) is 11.5 Å². The van der Waals surface area contributed by atoms with E-state index in [2.05, 4.69) is 5.32 Å². The summed E-state index contributed by atoms with van der Waals surface area (Å²) < 4.78 is 5.47. The minimum absolute atomic E-state index is 0.229. The maximum absolute atomic E-state index is 9.28. The highest BCUT2D eigenvalue weighted by atomic mass is 16.5. The van der Waals surface area contributed by atoms with Crippen LogP contribution in [-0.4, -0.2) is 24.8 Å². The maximum atomic E-state index is 9.28. The molecular formula is C11H16N2O2. The summed E-state index contributed by atoms with van der Waals surface area (Å²) in [5.41, 5.74) is 6.54. The Labute approximate surface area is 89.0 Å². The van der Waals surface area contributed by atoms with E-state index in [4.69, 9.17) is 10.5 Å². The van der Waals surface area contributed by atoms with Crippen LogP contribution in [0.1, 0.15) is 18.0 Å². The third-order valence-electron chi connectivity index (χ3n) is 2.55. The number of benzene rings is 1. The fourth-order valence-corrected chi connectivity index (χ4v) is 1.75. The van der Waals surface area contributed by atoms with Crippen molar-refractivity contribution in [1.29, 1.82) is 0 Å². The van der Waals surface area contributed by atoms with Crippen molar-refractivity contribution < 1.29 is 9.84 Å². The lowest BCUT2D eigenvalue weighted by Gasteiger charge is -2.10. The minimum Gasteiger partial charge on any atom is -0.508 e. The van der Waals surface area contributed by atoms with Gasteiger partial charge in [0, 0.05) is 11.6 Å². The Morgan fingerprint density at radius 2 is 2.40 bits per heavy atom. The summed E-state index contributed by atoms with van der Waals surface area (Å²) in [6.45, 7) is 2.22. The van der Waals surface area contributed by atoms with Crippen LogP contribution in [-0.2, 0) is 0 Å². The molecule has 0 amide bonds. The average molecular weight is 208 g/mol. The zero-order valence-corrected chi connectivity index (χ0v) is 8.57. The van der Waals surface area contributed by atoms with Gasteiger partial charge in [0.05, 0.1) is 6.04 Å². The molecule has 4 nitrogen and oxygen atoms in total. The fourth-order valence-electron chi connectivity index (χ4n) is 1.75. The molecule has 1 aliphatic heterocycles. The largest absolute Gasteiger partial charge is 0.508 e. The molecule has 0 spiro atoms. The van der Waals surface area contributed by atoms with Crippen LogP contribution in [0.4, 0.5) is 0 Å². The second-order valence-corrected chi connectivity index (χ2v) is 3.68. The van der Waals surface area contributed by atoms with Crippen molar-refractivity contribution in [1.82, 2.24) is 5.32 Å². The van der Waals surface area contributed by atoms with Gasteiger partial charge in [-0.15, -0.1) is 0 Å². The van der Waals surface area contributed by atoms with Crippen molar-refractivity contribution in [2.45, 2.75) is 12.5 Å². The molecule has 0 saturated carbocycles. The first-order chi connectivity index (χ1) is 7.31. The Morgan fingerprint density at radius 1 is 1.53 bits per heavy atom. The monoisotopic (exact) mass is 208 g/mol. The highest BCUT2D eigenvalue weighted by Crippen LogP contribution is 2.34. The summed E-state index contributed by atoms with van der Waals surface area (Å²) in [7, 11) is 0. The summed E-state index contributed by atoms with van der Waals surface area (Å²) in [6, 6.07) is 5.47. The quantitative estimate of drug-likeness (QED) is 0.639. The van der Waals surface area contributed by atoms with E-state index in [0.29, 0.717) is 13.2 Å². The summed E-state index contributed by atoms with van der Waals surface area (Å²) in [5, 5.41) is 12.7. The van der Waals surface area contributed by atoms with Crippen molar-refractivity contribution in [2.75, 3.05) is 19.7 Å². The van der Waals surface area contributed by atoms with Crippen LogP contribution < -0.4 is 15.8 Å². The Hall–Kier alpha value is -1.26. The molecule has 1 heterocycles. The predicted molar refractivity (Wildman–Crippen MR) is 58.0 cm³/mol. The lowest BCUT2D eigenvalue weighted by molar-refractivity contribution is 0.310. The zero-order chi connectivity index (χ0) is 10.7. The first-order valence-electron chi connectivity index (χ1n) is 5.20. The average Bonchev–Trinajstić information content (AvgIpc) is 2.61. The molecule has 0 aliphatic carbocycles. The number of phenols is 1. The molecule has 1 unspecified atom stereocenters. The predicted octanol–water partition coefficient (Wildman–Crippen LogP) is 0.764. The number of hydrogen-bond acceptors (Lipinski definition) is 4. The maximum Gasteiger partial charge on any atom is 0.127 e. The molecule has 82 valence electrons. The number of fused-ring (bicyclic) bond motifs is 1. The molecule has 4 heteroatoms. The van der Waals surface area contributed by atoms with Crippen molar-refractivity contribution >= 4 is 0 Å². The van der Waals surface area contributed by atoms with E-state index in [1.165, 1.54) is 0 Å². The van der Waals surface area contributed by atoms with Crippen LogP contribution in [0.3, 0.4) is 0 Å². The molecule has 1 aromatic carbocycles. The molecule has 0 saturated heterocycles. The molecule has 0 fully saturated rings. The Bertz CT molecular complexity index is 341. The number of ether oxygens (including phenoxy) is 1. The number of hydrogen-bond donors (Lipinski definition) is 3. The van der Waals surface area contributed by atoms with E-state index in [1.54, 1.807) is 12.1 Å². The smallest absolute Gasteiger partial charge is 0.127 e. The lowest BCUT2D eigenvalue weighted by atomic mass is 10.1. The first kappa shape index (κ1) is 10.3. The van der Waals surface area contributed by atoms with Gasteiger partial charge in [0.15, 0.2) is 0 Å². The van der Waals surface area contributed by atoms with Crippen molar-refractivity contribution in [3.05, 3.63) is 23.8 Å². The number of aromatic hydroxyl groups is 1. The van der Waals surface area contributed by atoms with Crippen LogP contribution in [0.2, 0.25) is 0 Å². The molecule has 0 bridgehead atoms. The normalized spacial score (nSPS) is 18.6. The highest BCUT2D eigenvalue weighted by Gasteiger charge is 2.23. The van der Waals surface area contributed by atoms with Gasteiger partial charge in [-0.05, 0) is 31.6 Å². The van der Waals surface area contributed by atoms with Crippen LogP contribution in [0, 0.1) is 0 Å². The molecule has 0 radical (unpaired) electrons. The van der Waals surface area contributed by atoms with Gasteiger partial charge >= 0.3 is 0 Å². The van der Waals surface area contributed by atoms with E-state index >= 15 is 0 Å². The fraction of sp³-hybridized carbons (Fsp3) is 0.455. The first-order valence-corrected chi connectivity index (χ1v) is 5.20. The Kier molecular flexibility index (Phi) is 3.08. The Morgan fingerprint density at radius 3 is 3.20 bits per heavy atom. The van der Waals surface area contributed by atoms with E-state index < -0.39 is 0 Å². The summed E-state index contributed by atoms with van der Waals surface area (Å²) >= 11 is 0. The lowest BCUT2D eigenvalue weighted by Crippen LogP contribution is -2.25. The summed E-state index contributed by atoms with van der Waals surface area (Å²) in [4.78, 5) is 0. The van der Waals surface area contributed by atoms with Crippen molar-refractivity contribution in [3.63, 3.8) is 0 Å². The molecule has 1 aliphatic rings. The number of nitrogens with two attached hydrogens (primary N) is 1. The van der Waals surface area contributed by atoms with Crippen LogP contribution >= 0.6 is 0 Å². The van der Waals surface area contributed by atoms with Crippen molar-refractivity contribution in [2.24, 2.45) is 5.73 Å². The third kappa shape index (κ3) is 2.22. The van der Waals surface area contributed by atoms with Gasteiger partial charge in [-0.3, -0.25) is 0 Å². The van der Waals surface area contributed by atoms with Gasteiger partial charge in [-0.25, -0.2) is 0 Å². The molecular weight excluding hydrogens is 192 g/mol. The molecule has 4 N–H and O–H groups in total. The molecule has 15 heavy (non-hydrogen) atoms. The van der Waals surface area contributed by atoms with Gasteiger partial charge < -0.3 is 20.9 Å². The second kappa shape index (κ2) is 4.51. The Balaban J connectivity index is 2.02. The molecule has 2 rings (SSSR count). The molecule has 1 atom stereocenters. The molecule has 0 aromatic heterocycles. The summed E-state index contributed by atoms with van der Waals surface area (Å²) in [5.74, 6) is 1.02. The second-order valence-electron chi connectivity index (χ2n) is 3.68. The van der Waals surface area contributed by atoms with E-state index in [0.717, 1.165) is 24.3 Å². The molecule has 1 aromatic rings. The minimum atomic E-state index is 0.229. The number of rotatable bonds is 4. The standard InChI is InChI=1S/C11H16N2O2/c12-4-1-5-13-10-7-15-11-6-8(14)2-3-9(10)11/h2-3,6,10,13-14H,1,4-5,7,12H2. The topological polar surface area (TPSA) is 67.5 Å². The zero-order valence-electron chi connectivity index (χ0n) is 8.57. The highest BCUT2D eigenvalue weighted by molar-refractivity contribution is 5.44. The van der Waals surface area contributed by atoms with Crippen LogP contribution in [0.25, 0.3) is 0 Å². The third-order valence-corrected chi connectivity index (χ3v) is 2.55. The number of nitrogens with one attached hydrogen (secondary N) is 1. The van der Waals surface area contributed by atoms with E-state index in [1.807, 2.05) is 6.07 Å². The summed E-state index contributed by atoms with van der Waals surface area (Å²) in [6.07, 6.45) is 0.962. The van der Waals surface area contributed by atoms with Crippen LogP contribution in [0.5, 0.6) is 11.5 Å². The van der Waals surface area contributed by atoms with E-state index in [-0.39, 0.29) is 11.8 Å².